The van der Waals surface area contributed by atoms with Crippen molar-refractivity contribution >= 4 is 0 Å². The van der Waals surface area contributed by atoms with E-state index in [1.54, 1.807) is 0 Å². The van der Waals surface area contributed by atoms with E-state index in [0.29, 0.717) is 6.10 Å². The lowest BCUT2D eigenvalue weighted by Gasteiger charge is -2.47. The van der Waals surface area contributed by atoms with Crippen LogP contribution in [-0.2, 0) is 4.74 Å². The summed E-state index contributed by atoms with van der Waals surface area (Å²) in [6.45, 7) is 8.42. The van der Waals surface area contributed by atoms with Crippen molar-refractivity contribution in [3.8, 4) is 0 Å². The lowest BCUT2D eigenvalue weighted by Crippen LogP contribution is -2.56. The second-order valence-corrected chi connectivity index (χ2v) is 6.34. The standard InChI is InChI=1S/C15H30N2O/c1-3-18-14-7-9-17(10-8-14)15(2,12-16)11-13-5-4-6-13/h13-14H,3-12,16H2,1-2H3. The molecule has 0 amide bonds. The molecule has 0 radical (unpaired) electrons. The fraction of sp³-hybridized carbons (Fsp3) is 1.00. The Hall–Kier alpha value is -0.120. The Morgan fingerprint density at radius 2 is 1.89 bits per heavy atom. The molecule has 18 heavy (non-hydrogen) atoms. The molecule has 0 aromatic carbocycles. The molecular formula is C15H30N2O. The maximum atomic E-state index is 6.09. The van der Waals surface area contributed by atoms with E-state index in [9.17, 15) is 0 Å². The van der Waals surface area contributed by atoms with E-state index >= 15 is 0 Å². The molecule has 2 N–H and O–H groups in total. The number of hydrogen-bond acceptors (Lipinski definition) is 3. The molecule has 106 valence electrons. The van der Waals surface area contributed by atoms with E-state index in [-0.39, 0.29) is 5.54 Å². The van der Waals surface area contributed by atoms with Gasteiger partial charge in [0.05, 0.1) is 6.10 Å². The predicted octanol–water partition coefficient (Wildman–Crippen LogP) is 2.39. The first kappa shape index (κ1) is 14.3. The van der Waals surface area contributed by atoms with Gasteiger partial charge in [0.25, 0.3) is 0 Å². The van der Waals surface area contributed by atoms with Crippen LogP contribution in [0.3, 0.4) is 0 Å². The zero-order chi connectivity index (χ0) is 13.0. The van der Waals surface area contributed by atoms with Crippen molar-refractivity contribution in [2.24, 2.45) is 11.7 Å². The first-order chi connectivity index (χ1) is 8.68. The third-order valence-electron chi connectivity index (χ3n) is 5.00. The molecule has 2 rings (SSSR count). The van der Waals surface area contributed by atoms with Crippen LogP contribution in [-0.4, -0.2) is 42.8 Å². The van der Waals surface area contributed by atoms with E-state index in [1.165, 1.54) is 38.5 Å². The van der Waals surface area contributed by atoms with Crippen LogP contribution in [0.15, 0.2) is 0 Å². The molecule has 1 heterocycles. The smallest absolute Gasteiger partial charge is 0.0599 e. The number of ether oxygens (including phenoxy) is 1. The van der Waals surface area contributed by atoms with Gasteiger partial charge in [-0.15, -0.1) is 0 Å². The van der Waals surface area contributed by atoms with Crippen molar-refractivity contribution in [3.05, 3.63) is 0 Å². The summed E-state index contributed by atoms with van der Waals surface area (Å²) >= 11 is 0. The minimum atomic E-state index is 0.224. The quantitative estimate of drug-likeness (QED) is 0.791. The van der Waals surface area contributed by atoms with E-state index in [1.807, 2.05) is 0 Å². The first-order valence-electron chi connectivity index (χ1n) is 7.74. The van der Waals surface area contributed by atoms with E-state index < -0.39 is 0 Å². The molecule has 0 aromatic rings. The van der Waals surface area contributed by atoms with Crippen LogP contribution in [0.2, 0.25) is 0 Å². The van der Waals surface area contributed by atoms with Crippen LogP contribution in [0.5, 0.6) is 0 Å². The molecule has 1 saturated heterocycles. The van der Waals surface area contributed by atoms with Gasteiger partial charge < -0.3 is 10.5 Å². The maximum Gasteiger partial charge on any atom is 0.0599 e. The molecular weight excluding hydrogens is 224 g/mol. The minimum absolute atomic E-state index is 0.224. The van der Waals surface area contributed by atoms with Gasteiger partial charge in [0.15, 0.2) is 0 Å². The molecule has 0 spiro atoms. The summed E-state index contributed by atoms with van der Waals surface area (Å²) < 4.78 is 5.73. The lowest BCUT2D eigenvalue weighted by molar-refractivity contribution is -0.0227. The molecule has 1 saturated carbocycles. The first-order valence-corrected chi connectivity index (χ1v) is 7.74. The predicted molar refractivity (Wildman–Crippen MR) is 75.6 cm³/mol. The van der Waals surface area contributed by atoms with E-state index in [4.69, 9.17) is 10.5 Å². The van der Waals surface area contributed by atoms with Crippen molar-refractivity contribution in [1.82, 2.24) is 4.90 Å². The van der Waals surface area contributed by atoms with Crippen LogP contribution in [0, 0.1) is 5.92 Å². The lowest BCUT2D eigenvalue weighted by atomic mass is 9.75. The van der Waals surface area contributed by atoms with Gasteiger partial charge in [-0.2, -0.15) is 0 Å². The van der Waals surface area contributed by atoms with Gasteiger partial charge in [-0.1, -0.05) is 19.3 Å². The molecule has 1 aliphatic carbocycles. The molecule has 2 fully saturated rings. The zero-order valence-corrected chi connectivity index (χ0v) is 12.2. The van der Waals surface area contributed by atoms with E-state index in [0.717, 1.165) is 32.2 Å². The number of nitrogens with two attached hydrogens (primary N) is 1. The van der Waals surface area contributed by atoms with Crippen molar-refractivity contribution in [3.63, 3.8) is 0 Å². The van der Waals surface area contributed by atoms with Crippen molar-refractivity contribution < 1.29 is 4.74 Å². The Labute approximate surface area is 112 Å². The molecule has 1 atom stereocenters. The van der Waals surface area contributed by atoms with Gasteiger partial charge in [-0.25, -0.2) is 0 Å². The zero-order valence-electron chi connectivity index (χ0n) is 12.2. The molecule has 1 aliphatic heterocycles. The highest BCUT2D eigenvalue weighted by Gasteiger charge is 2.36. The summed E-state index contributed by atoms with van der Waals surface area (Å²) in [6.07, 6.45) is 8.40. The summed E-state index contributed by atoms with van der Waals surface area (Å²) in [5, 5.41) is 0. The summed E-state index contributed by atoms with van der Waals surface area (Å²) in [5.74, 6) is 0.933. The largest absolute Gasteiger partial charge is 0.378 e. The van der Waals surface area contributed by atoms with Crippen LogP contribution in [0.4, 0.5) is 0 Å². The minimum Gasteiger partial charge on any atom is -0.378 e. The fourth-order valence-corrected chi connectivity index (χ4v) is 3.46. The second kappa shape index (κ2) is 6.36. The molecule has 0 bridgehead atoms. The van der Waals surface area contributed by atoms with Crippen molar-refractivity contribution in [1.29, 1.82) is 0 Å². The molecule has 3 heteroatoms. The highest BCUT2D eigenvalue weighted by atomic mass is 16.5. The SMILES string of the molecule is CCOC1CCN(C(C)(CN)CC2CCC2)CC1. The average Bonchev–Trinajstić information content (AvgIpc) is 2.35. The Bertz CT molecular complexity index is 247. The summed E-state index contributed by atoms with van der Waals surface area (Å²) in [4.78, 5) is 2.63. The molecule has 2 aliphatic rings. The topological polar surface area (TPSA) is 38.5 Å². The van der Waals surface area contributed by atoms with Crippen LogP contribution in [0.25, 0.3) is 0 Å². The Morgan fingerprint density at radius 3 is 2.33 bits per heavy atom. The molecule has 1 unspecified atom stereocenters. The van der Waals surface area contributed by atoms with Crippen LogP contribution < -0.4 is 5.73 Å². The second-order valence-electron chi connectivity index (χ2n) is 6.34. The fourth-order valence-electron chi connectivity index (χ4n) is 3.46. The Balaban J connectivity index is 1.84. The third kappa shape index (κ3) is 3.25. The summed E-state index contributed by atoms with van der Waals surface area (Å²) in [5.41, 5.74) is 6.31. The van der Waals surface area contributed by atoms with Crippen LogP contribution >= 0.6 is 0 Å². The van der Waals surface area contributed by atoms with Crippen molar-refractivity contribution in [2.45, 2.75) is 64.0 Å². The van der Waals surface area contributed by atoms with Gasteiger partial charge in [0.2, 0.25) is 0 Å². The highest BCUT2D eigenvalue weighted by Crippen LogP contribution is 2.36. The number of piperidine rings is 1. The Morgan fingerprint density at radius 1 is 1.22 bits per heavy atom. The van der Waals surface area contributed by atoms with E-state index in [2.05, 4.69) is 18.7 Å². The van der Waals surface area contributed by atoms with Crippen LogP contribution in [0.1, 0.15) is 52.4 Å². The maximum absolute atomic E-state index is 6.09. The number of nitrogens with zero attached hydrogens (tertiary/aromatic N) is 1. The average molecular weight is 254 g/mol. The van der Waals surface area contributed by atoms with Gasteiger partial charge >= 0.3 is 0 Å². The third-order valence-corrected chi connectivity index (χ3v) is 5.00. The summed E-state index contributed by atoms with van der Waals surface area (Å²) in [7, 11) is 0. The normalized spacial score (nSPS) is 26.8. The monoisotopic (exact) mass is 254 g/mol. The molecule has 0 aromatic heterocycles. The summed E-state index contributed by atoms with van der Waals surface area (Å²) in [6, 6.07) is 0. The van der Waals surface area contributed by atoms with Gasteiger partial charge in [0.1, 0.15) is 0 Å². The Kier molecular flexibility index (Phi) is 5.05. The highest BCUT2D eigenvalue weighted by molar-refractivity contribution is 4.93. The van der Waals surface area contributed by atoms with Gasteiger partial charge in [-0.05, 0) is 39.0 Å². The van der Waals surface area contributed by atoms with Crippen molar-refractivity contribution in [2.75, 3.05) is 26.2 Å². The number of rotatable bonds is 6. The van der Waals surface area contributed by atoms with Gasteiger partial charge in [-0.3, -0.25) is 4.90 Å². The van der Waals surface area contributed by atoms with Gasteiger partial charge in [0, 0.05) is 31.8 Å². The number of likely N-dealkylation sites (tertiary alicyclic amines) is 1. The number of hydrogen-bond donors (Lipinski definition) is 1. The molecule has 3 nitrogen and oxygen atoms in total.